The Morgan fingerprint density at radius 3 is 2.30 bits per heavy atom. The summed E-state index contributed by atoms with van der Waals surface area (Å²) in [5.74, 6) is 0.359. The first-order valence-corrected chi connectivity index (χ1v) is 9.89. The number of benzene rings is 1. The smallest absolute Gasteiger partial charge is 0.280 e. The first-order valence-electron chi connectivity index (χ1n) is 9.89. The third kappa shape index (κ3) is 3.30. The highest BCUT2D eigenvalue weighted by Crippen LogP contribution is 2.25. The van der Waals surface area contributed by atoms with Gasteiger partial charge in [0.15, 0.2) is 5.82 Å². The SMILES string of the molecule is Cc1nn([C@H](C)C(=O)NC(C)C)c(=O)c2c(-n3cccc3)n(-c3ccccc3)nc12. The molecule has 0 bridgehead atoms. The molecule has 0 aliphatic heterocycles. The fourth-order valence-corrected chi connectivity index (χ4v) is 3.47. The molecule has 0 spiro atoms. The Balaban J connectivity index is 2.01. The van der Waals surface area contributed by atoms with Crippen molar-refractivity contribution in [2.75, 3.05) is 0 Å². The molecule has 4 aromatic rings. The van der Waals surface area contributed by atoms with Crippen LogP contribution in [0.3, 0.4) is 0 Å². The van der Waals surface area contributed by atoms with Crippen molar-refractivity contribution in [3.8, 4) is 11.5 Å². The lowest BCUT2D eigenvalue weighted by Crippen LogP contribution is -2.40. The molecule has 8 heteroatoms. The lowest BCUT2D eigenvalue weighted by molar-refractivity contribution is -0.124. The molecule has 1 amide bonds. The predicted octanol–water partition coefficient (Wildman–Crippen LogP) is 2.77. The summed E-state index contributed by atoms with van der Waals surface area (Å²) in [5.41, 5.74) is 1.57. The number of hydrogen-bond acceptors (Lipinski definition) is 4. The zero-order chi connectivity index (χ0) is 21.4. The summed E-state index contributed by atoms with van der Waals surface area (Å²) < 4.78 is 4.84. The van der Waals surface area contributed by atoms with E-state index in [0.717, 1.165) is 5.69 Å². The summed E-state index contributed by atoms with van der Waals surface area (Å²) in [6, 6.07) is 12.6. The van der Waals surface area contributed by atoms with E-state index >= 15 is 0 Å². The summed E-state index contributed by atoms with van der Waals surface area (Å²) in [6.07, 6.45) is 3.73. The highest BCUT2D eigenvalue weighted by atomic mass is 16.2. The highest BCUT2D eigenvalue weighted by Gasteiger charge is 2.25. The van der Waals surface area contributed by atoms with Crippen LogP contribution < -0.4 is 10.9 Å². The minimum Gasteiger partial charge on any atom is -0.352 e. The minimum atomic E-state index is -0.749. The van der Waals surface area contributed by atoms with Gasteiger partial charge in [-0.2, -0.15) is 10.2 Å². The Hall–Kier alpha value is -3.68. The number of carbonyl (C=O) groups excluding carboxylic acids is 1. The zero-order valence-corrected chi connectivity index (χ0v) is 17.4. The molecular formula is C22H24N6O2. The molecule has 8 nitrogen and oxygen atoms in total. The lowest BCUT2D eigenvalue weighted by Gasteiger charge is -2.16. The number of carbonyl (C=O) groups is 1. The van der Waals surface area contributed by atoms with Crippen molar-refractivity contribution in [3.63, 3.8) is 0 Å². The zero-order valence-electron chi connectivity index (χ0n) is 17.4. The highest BCUT2D eigenvalue weighted by molar-refractivity contribution is 5.88. The van der Waals surface area contributed by atoms with Crippen LogP contribution in [0, 0.1) is 6.92 Å². The van der Waals surface area contributed by atoms with Gasteiger partial charge in [-0.25, -0.2) is 9.36 Å². The van der Waals surface area contributed by atoms with Crippen LogP contribution in [0.15, 0.2) is 59.7 Å². The second-order valence-electron chi connectivity index (χ2n) is 7.56. The van der Waals surface area contributed by atoms with E-state index in [1.54, 1.807) is 18.5 Å². The van der Waals surface area contributed by atoms with Gasteiger partial charge in [-0.1, -0.05) is 18.2 Å². The molecule has 1 N–H and O–H groups in total. The molecule has 0 saturated carbocycles. The number of aryl methyl sites for hydroxylation is 1. The van der Waals surface area contributed by atoms with E-state index in [2.05, 4.69) is 10.4 Å². The Kier molecular flexibility index (Phi) is 4.99. The van der Waals surface area contributed by atoms with Crippen molar-refractivity contribution in [3.05, 3.63) is 70.9 Å². The largest absolute Gasteiger partial charge is 0.352 e. The van der Waals surface area contributed by atoms with Crippen molar-refractivity contribution in [2.24, 2.45) is 0 Å². The molecule has 0 radical (unpaired) electrons. The van der Waals surface area contributed by atoms with Crippen molar-refractivity contribution < 1.29 is 4.79 Å². The summed E-state index contributed by atoms with van der Waals surface area (Å²) in [6.45, 7) is 7.23. The standard InChI is InChI=1S/C22H24N6O2/c1-14(2)23-20(29)16(4)27-22(30)18-19(15(3)24-27)25-28(17-10-6-5-7-11-17)21(18)26-12-8-9-13-26/h5-14,16H,1-4H3,(H,23,29)/t16-/m1/s1. The van der Waals surface area contributed by atoms with Gasteiger partial charge in [0.05, 0.1) is 11.4 Å². The van der Waals surface area contributed by atoms with Crippen molar-refractivity contribution in [1.29, 1.82) is 0 Å². The predicted molar refractivity (Wildman–Crippen MR) is 115 cm³/mol. The fraction of sp³-hybridized carbons (Fsp3) is 0.273. The molecular weight excluding hydrogens is 380 g/mol. The minimum absolute atomic E-state index is 0.0308. The molecule has 0 unspecified atom stereocenters. The van der Waals surface area contributed by atoms with Gasteiger partial charge in [0.2, 0.25) is 5.91 Å². The maximum Gasteiger partial charge on any atom is 0.280 e. The van der Waals surface area contributed by atoms with E-state index in [0.29, 0.717) is 22.4 Å². The molecule has 0 aliphatic rings. The van der Waals surface area contributed by atoms with E-state index in [9.17, 15) is 9.59 Å². The van der Waals surface area contributed by atoms with Gasteiger partial charge in [-0.05, 0) is 52.0 Å². The molecule has 30 heavy (non-hydrogen) atoms. The van der Waals surface area contributed by atoms with Crippen LogP contribution in [0.5, 0.6) is 0 Å². The second-order valence-corrected chi connectivity index (χ2v) is 7.56. The van der Waals surface area contributed by atoms with Crippen LogP contribution >= 0.6 is 0 Å². The van der Waals surface area contributed by atoms with E-state index < -0.39 is 6.04 Å². The van der Waals surface area contributed by atoms with Crippen LogP contribution in [0.1, 0.15) is 32.5 Å². The summed E-state index contributed by atoms with van der Waals surface area (Å²) in [4.78, 5) is 26.1. The van der Waals surface area contributed by atoms with E-state index in [-0.39, 0.29) is 17.5 Å². The van der Waals surface area contributed by atoms with Gasteiger partial charge in [-0.3, -0.25) is 9.59 Å². The number of para-hydroxylation sites is 1. The van der Waals surface area contributed by atoms with Crippen LogP contribution in [-0.4, -0.2) is 36.1 Å². The molecule has 1 aromatic carbocycles. The van der Waals surface area contributed by atoms with Crippen LogP contribution in [0.2, 0.25) is 0 Å². The quantitative estimate of drug-likeness (QED) is 0.554. The van der Waals surface area contributed by atoms with Gasteiger partial charge >= 0.3 is 0 Å². The third-order valence-corrected chi connectivity index (χ3v) is 4.91. The molecule has 4 rings (SSSR count). The Labute approximate surface area is 173 Å². The van der Waals surface area contributed by atoms with E-state index in [4.69, 9.17) is 5.10 Å². The van der Waals surface area contributed by atoms with E-state index in [1.807, 2.05) is 73.3 Å². The van der Waals surface area contributed by atoms with Gasteiger partial charge in [-0.15, -0.1) is 0 Å². The molecule has 0 aliphatic carbocycles. The Morgan fingerprint density at radius 2 is 1.67 bits per heavy atom. The molecule has 3 aromatic heterocycles. The van der Waals surface area contributed by atoms with Crippen molar-refractivity contribution in [2.45, 2.75) is 39.8 Å². The van der Waals surface area contributed by atoms with Gasteiger partial charge in [0.25, 0.3) is 5.56 Å². The fourth-order valence-electron chi connectivity index (χ4n) is 3.47. The monoisotopic (exact) mass is 404 g/mol. The summed E-state index contributed by atoms with van der Waals surface area (Å²) in [5, 5.41) is 12.4. The summed E-state index contributed by atoms with van der Waals surface area (Å²) >= 11 is 0. The maximum atomic E-state index is 13.5. The molecule has 0 saturated heterocycles. The number of rotatable bonds is 5. The number of nitrogens with zero attached hydrogens (tertiary/aromatic N) is 5. The second kappa shape index (κ2) is 7.62. The third-order valence-electron chi connectivity index (χ3n) is 4.91. The summed E-state index contributed by atoms with van der Waals surface area (Å²) in [7, 11) is 0. The number of aromatic nitrogens is 5. The van der Waals surface area contributed by atoms with Crippen LogP contribution in [0.25, 0.3) is 22.4 Å². The van der Waals surface area contributed by atoms with Crippen molar-refractivity contribution >= 4 is 16.8 Å². The molecule has 3 heterocycles. The Morgan fingerprint density at radius 1 is 1.00 bits per heavy atom. The molecule has 1 atom stereocenters. The topological polar surface area (TPSA) is 86.7 Å². The average molecular weight is 404 g/mol. The maximum absolute atomic E-state index is 13.5. The van der Waals surface area contributed by atoms with E-state index in [1.165, 1.54) is 4.68 Å². The van der Waals surface area contributed by atoms with Gasteiger partial charge < -0.3 is 9.88 Å². The van der Waals surface area contributed by atoms with Gasteiger partial charge in [0.1, 0.15) is 16.9 Å². The van der Waals surface area contributed by atoms with Crippen LogP contribution in [0.4, 0.5) is 0 Å². The number of hydrogen-bond donors (Lipinski definition) is 1. The van der Waals surface area contributed by atoms with Crippen molar-refractivity contribution in [1.82, 2.24) is 29.4 Å². The first kappa shape index (κ1) is 19.6. The number of amides is 1. The van der Waals surface area contributed by atoms with Gasteiger partial charge in [0, 0.05) is 18.4 Å². The molecule has 154 valence electrons. The van der Waals surface area contributed by atoms with Crippen LogP contribution in [-0.2, 0) is 4.79 Å². The normalized spacial score (nSPS) is 12.4. The lowest BCUT2D eigenvalue weighted by atomic mass is 10.2. The number of nitrogens with one attached hydrogen (secondary N) is 1. The first-order chi connectivity index (χ1) is 14.4. The molecule has 0 fully saturated rings. The Bertz CT molecular complexity index is 1250. The number of fused-ring (bicyclic) bond motifs is 1. The average Bonchev–Trinajstić information content (AvgIpc) is 3.38.